The number of anilines is 2. The summed E-state index contributed by atoms with van der Waals surface area (Å²) in [6, 6.07) is 5.85. The van der Waals surface area contributed by atoms with Gasteiger partial charge in [0.2, 0.25) is 5.91 Å². The first kappa shape index (κ1) is 16.8. The van der Waals surface area contributed by atoms with E-state index in [1.165, 1.54) is 12.8 Å². The maximum atomic E-state index is 12.1. The highest BCUT2D eigenvalue weighted by Crippen LogP contribution is 2.31. The number of nitrogens with one attached hydrogen (secondary N) is 1. The minimum atomic E-state index is -0.0934. The van der Waals surface area contributed by atoms with Gasteiger partial charge in [0.05, 0.1) is 29.5 Å². The van der Waals surface area contributed by atoms with Gasteiger partial charge >= 0.3 is 0 Å². The second-order valence-corrected chi connectivity index (χ2v) is 7.55. The molecule has 2 aliphatic rings. The van der Waals surface area contributed by atoms with Gasteiger partial charge in [0.15, 0.2) is 5.13 Å². The fourth-order valence-corrected chi connectivity index (χ4v) is 4.38. The second-order valence-electron chi connectivity index (χ2n) is 6.54. The van der Waals surface area contributed by atoms with Crippen LogP contribution in [0.2, 0.25) is 0 Å². The molecule has 2 fully saturated rings. The minimum Gasteiger partial charge on any atom is -0.378 e. The van der Waals surface area contributed by atoms with Crippen LogP contribution in [0.25, 0.3) is 10.2 Å². The van der Waals surface area contributed by atoms with Crippen LogP contribution in [-0.2, 0) is 14.3 Å². The number of hydrogen-bond acceptors (Lipinski definition) is 6. The average Bonchev–Trinajstić information content (AvgIpc) is 3.30. The number of carbonyl (C=O) groups excluding carboxylic acids is 1. The molecule has 7 heteroatoms. The van der Waals surface area contributed by atoms with Crippen molar-refractivity contribution >= 4 is 38.3 Å². The fraction of sp³-hybridized carbons (Fsp3) is 0.556. The number of rotatable bonds is 5. The predicted molar refractivity (Wildman–Crippen MR) is 99.5 cm³/mol. The van der Waals surface area contributed by atoms with Crippen LogP contribution in [0.3, 0.4) is 0 Å². The van der Waals surface area contributed by atoms with Crippen molar-refractivity contribution < 1.29 is 14.3 Å². The Morgan fingerprint density at radius 2 is 2.12 bits per heavy atom. The third-order valence-electron chi connectivity index (χ3n) is 4.69. The van der Waals surface area contributed by atoms with Crippen LogP contribution >= 0.6 is 11.3 Å². The normalized spacial score (nSPS) is 18.8. The highest BCUT2D eigenvalue weighted by molar-refractivity contribution is 7.22. The monoisotopic (exact) mass is 361 g/mol. The van der Waals surface area contributed by atoms with E-state index < -0.39 is 0 Å². The van der Waals surface area contributed by atoms with Crippen LogP contribution in [0.1, 0.15) is 25.7 Å². The molecule has 2 aromatic rings. The van der Waals surface area contributed by atoms with Gasteiger partial charge in [-0.05, 0) is 31.0 Å². The Balaban J connectivity index is 1.39. The predicted octanol–water partition coefficient (Wildman–Crippen LogP) is 3.03. The molecule has 6 nitrogen and oxygen atoms in total. The Morgan fingerprint density at radius 1 is 1.32 bits per heavy atom. The lowest BCUT2D eigenvalue weighted by molar-refractivity contribution is -0.122. The van der Waals surface area contributed by atoms with Crippen LogP contribution in [0, 0.1) is 0 Å². The number of hydrogen-bond donors (Lipinski definition) is 1. The van der Waals surface area contributed by atoms with Crippen LogP contribution in [0.5, 0.6) is 0 Å². The molecule has 1 aliphatic carbocycles. The van der Waals surface area contributed by atoms with Crippen molar-refractivity contribution in [2.24, 2.45) is 0 Å². The number of morpholine rings is 1. The molecule has 1 aliphatic heterocycles. The second kappa shape index (κ2) is 7.68. The lowest BCUT2D eigenvalue weighted by Crippen LogP contribution is -2.36. The zero-order valence-corrected chi connectivity index (χ0v) is 15.0. The SMILES string of the molecule is O=C(COC1CCCC1)Nc1ccc2nc(N3CCOCC3)sc2c1. The number of aromatic nitrogens is 1. The summed E-state index contributed by atoms with van der Waals surface area (Å²) < 4.78 is 12.1. The van der Waals surface area contributed by atoms with E-state index in [1.54, 1.807) is 11.3 Å². The van der Waals surface area contributed by atoms with E-state index in [2.05, 4.69) is 10.2 Å². The topological polar surface area (TPSA) is 63.7 Å². The maximum absolute atomic E-state index is 12.1. The summed E-state index contributed by atoms with van der Waals surface area (Å²) >= 11 is 1.66. The molecule has 1 N–H and O–H groups in total. The van der Waals surface area contributed by atoms with Gasteiger partial charge in [0, 0.05) is 18.8 Å². The number of ether oxygens (including phenoxy) is 2. The average molecular weight is 361 g/mol. The van der Waals surface area contributed by atoms with Crippen LogP contribution < -0.4 is 10.2 Å². The number of benzene rings is 1. The third kappa shape index (κ3) is 4.11. The van der Waals surface area contributed by atoms with Gasteiger partial charge in [-0.2, -0.15) is 0 Å². The highest BCUT2D eigenvalue weighted by Gasteiger charge is 2.18. The van der Waals surface area contributed by atoms with Gasteiger partial charge in [-0.3, -0.25) is 4.79 Å². The van der Waals surface area contributed by atoms with Crippen LogP contribution in [0.4, 0.5) is 10.8 Å². The van der Waals surface area contributed by atoms with Gasteiger partial charge < -0.3 is 19.7 Å². The molecule has 0 bridgehead atoms. The molecular weight excluding hydrogens is 338 g/mol. The van der Waals surface area contributed by atoms with Gasteiger partial charge in [-0.25, -0.2) is 4.98 Å². The highest BCUT2D eigenvalue weighted by atomic mass is 32.1. The maximum Gasteiger partial charge on any atom is 0.250 e. The first-order valence-corrected chi connectivity index (χ1v) is 9.74. The third-order valence-corrected chi connectivity index (χ3v) is 5.77. The Hall–Kier alpha value is -1.70. The van der Waals surface area contributed by atoms with E-state index in [1.807, 2.05) is 18.2 Å². The van der Waals surface area contributed by atoms with Crippen molar-refractivity contribution in [1.82, 2.24) is 4.98 Å². The Bertz CT molecular complexity index is 736. The zero-order chi connectivity index (χ0) is 17.1. The van der Waals surface area contributed by atoms with E-state index in [4.69, 9.17) is 14.5 Å². The fourth-order valence-electron chi connectivity index (χ4n) is 3.33. The molecule has 134 valence electrons. The molecule has 4 rings (SSSR count). The molecule has 0 atom stereocenters. The van der Waals surface area contributed by atoms with Crippen LogP contribution in [0.15, 0.2) is 18.2 Å². The summed E-state index contributed by atoms with van der Waals surface area (Å²) in [6.07, 6.45) is 4.82. The number of thiazole rings is 1. The number of nitrogens with zero attached hydrogens (tertiary/aromatic N) is 2. The minimum absolute atomic E-state index is 0.0934. The van der Waals surface area contributed by atoms with Crippen LogP contribution in [-0.4, -0.2) is 49.9 Å². The van der Waals surface area contributed by atoms with E-state index in [0.29, 0.717) is 0 Å². The van der Waals surface area contributed by atoms with Crippen molar-refractivity contribution in [2.75, 3.05) is 43.1 Å². The molecule has 1 saturated carbocycles. The van der Waals surface area contributed by atoms with Gasteiger partial charge in [0.25, 0.3) is 0 Å². The summed E-state index contributed by atoms with van der Waals surface area (Å²) in [7, 11) is 0. The van der Waals surface area contributed by atoms with E-state index >= 15 is 0 Å². The lowest BCUT2D eigenvalue weighted by atomic mass is 10.3. The summed E-state index contributed by atoms with van der Waals surface area (Å²) in [5.41, 5.74) is 1.76. The molecule has 1 saturated heterocycles. The van der Waals surface area contributed by atoms with E-state index in [0.717, 1.165) is 60.2 Å². The smallest absolute Gasteiger partial charge is 0.250 e. The molecule has 0 radical (unpaired) electrons. The Labute approximate surface area is 151 Å². The number of amides is 1. The first-order chi connectivity index (χ1) is 12.3. The largest absolute Gasteiger partial charge is 0.378 e. The summed E-state index contributed by atoms with van der Waals surface area (Å²) in [5, 5.41) is 3.95. The summed E-state index contributed by atoms with van der Waals surface area (Å²) in [5.74, 6) is -0.0934. The van der Waals surface area contributed by atoms with Gasteiger partial charge in [0.1, 0.15) is 6.61 Å². The van der Waals surface area contributed by atoms with Crippen molar-refractivity contribution in [1.29, 1.82) is 0 Å². The summed E-state index contributed by atoms with van der Waals surface area (Å²) in [4.78, 5) is 19.0. The van der Waals surface area contributed by atoms with Crippen molar-refractivity contribution in [2.45, 2.75) is 31.8 Å². The molecule has 0 unspecified atom stereocenters. The van der Waals surface area contributed by atoms with Gasteiger partial charge in [-0.15, -0.1) is 0 Å². The summed E-state index contributed by atoms with van der Waals surface area (Å²) in [6.45, 7) is 3.38. The molecule has 1 amide bonds. The Kier molecular flexibility index (Phi) is 5.14. The van der Waals surface area contributed by atoms with E-state index in [9.17, 15) is 4.79 Å². The van der Waals surface area contributed by atoms with Crippen molar-refractivity contribution in [3.05, 3.63) is 18.2 Å². The standard InChI is InChI=1S/C18H23N3O3S/c22-17(12-24-14-3-1-2-4-14)19-13-5-6-15-16(11-13)25-18(20-15)21-7-9-23-10-8-21/h5-6,11,14H,1-4,7-10,12H2,(H,19,22). The van der Waals surface area contributed by atoms with E-state index in [-0.39, 0.29) is 18.6 Å². The quantitative estimate of drug-likeness (QED) is 0.887. The van der Waals surface area contributed by atoms with Crippen molar-refractivity contribution in [3.8, 4) is 0 Å². The number of fused-ring (bicyclic) bond motifs is 1. The molecular formula is C18H23N3O3S. The molecule has 0 spiro atoms. The lowest BCUT2D eigenvalue weighted by Gasteiger charge is -2.25. The van der Waals surface area contributed by atoms with Gasteiger partial charge in [-0.1, -0.05) is 24.2 Å². The molecule has 1 aromatic carbocycles. The number of carbonyl (C=O) groups is 1. The molecule has 1 aromatic heterocycles. The van der Waals surface area contributed by atoms with Crippen molar-refractivity contribution in [3.63, 3.8) is 0 Å². The molecule has 2 heterocycles. The molecule has 25 heavy (non-hydrogen) atoms. The zero-order valence-electron chi connectivity index (χ0n) is 14.2. The Morgan fingerprint density at radius 3 is 2.92 bits per heavy atom. The first-order valence-electron chi connectivity index (χ1n) is 8.93.